The van der Waals surface area contributed by atoms with Crippen molar-refractivity contribution in [1.82, 2.24) is 4.98 Å². The van der Waals surface area contributed by atoms with Crippen molar-refractivity contribution in [2.24, 2.45) is 0 Å². The predicted octanol–water partition coefficient (Wildman–Crippen LogP) is 4.73. The number of halogens is 1. The summed E-state index contributed by atoms with van der Waals surface area (Å²) in [6.45, 7) is -0.244. The van der Waals surface area contributed by atoms with E-state index >= 15 is 0 Å². The van der Waals surface area contributed by atoms with Crippen LogP contribution in [0.25, 0.3) is 10.9 Å². The molecular weight excluding hydrogens is 358 g/mol. The summed E-state index contributed by atoms with van der Waals surface area (Å²) >= 11 is 7.37. The van der Waals surface area contributed by atoms with Crippen molar-refractivity contribution in [2.75, 3.05) is 12.4 Å². The lowest BCUT2D eigenvalue weighted by Crippen LogP contribution is -2.14. The highest BCUT2D eigenvalue weighted by Crippen LogP contribution is 2.21. The van der Waals surface area contributed by atoms with Gasteiger partial charge in [0.15, 0.2) is 6.61 Å². The van der Waals surface area contributed by atoms with Crippen molar-refractivity contribution in [3.8, 4) is 0 Å². The molecule has 0 amide bonds. The number of benzene rings is 2. The van der Waals surface area contributed by atoms with E-state index in [2.05, 4.69) is 4.98 Å². The molecule has 3 aromatic rings. The third-order valence-corrected chi connectivity index (χ3v) is 4.91. The minimum Gasteiger partial charge on any atom is -0.457 e. The minimum absolute atomic E-state index is 0.212. The Kier molecular flexibility index (Phi) is 5.79. The molecule has 0 aliphatic carbocycles. The van der Waals surface area contributed by atoms with Crippen molar-refractivity contribution in [2.45, 2.75) is 11.3 Å². The van der Waals surface area contributed by atoms with Gasteiger partial charge in [0.25, 0.3) is 0 Å². The number of aromatic nitrogens is 1. The molecular formula is C19H16ClNO3S. The average molecular weight is 374 g/mol. The van der Waals surface area contributed by atoms with Gasteiger partial charge in [-0.15, -0.1) is 11.8 Å². The largest absolute Gasteiger partial charge is 0.457 e. The van der Waals surface area contributed by atoms with Gasteiger partial charge in [0.2, 0.25) is 5.78 Å². The van der Waals surface area contributed by atoms with Crippen LogP contribution in [0.1, 0.15) is 16.8 Å². The van der Waals surface area contributed by atoms with Crippen molar-refractivity contribution in [3.63, 3.8) is 0 Å². The number of carbonyl (C=O) groups excluding carboxylic acids is 2. The van der Waals surface area contributed by atoms with Crippen LogP contribution in [0.2, 0.25) is 5.02 Å². The molecule has 0 aliphatic rings. The SMILES string of the molecule is O=C(CCSc1ccc(Cl)cc1)OCC(=O)c1c[nH]c2ccccc12. The first-order chi connectivity index (χ1) is 12.1. The summed E-state index contributed by atoms with van der Waals surface area (Å²) in [5, 5.41) is 1.52. The number of rotatable bonds is 7. The van der Waals surface area contributed by atoms with E-state index in [-0.39, 0.29) is 24.8 Å². The molecule has 0 saturated carbocycles. The fourth-order valence-corrected chi connectivity index (χ4v) is 3.34. The van der Waals surface area contributed by atoms with E-state index in [4.69, 9.17) is 16.3 Å². The Hall–Kier alpha value is -2.24. The summed E-state index contributed by atoms with van der Waals surface area (Å²) in [5.41, 5.74) is 1.43. The van der Waals surface area contributed by atoms with Crippen LogP contribution in [0.3, 0.4) is 0 Å². The first-order valence-corrected chi connectivity index (χ1v) is 9.13. The van der Waals surface area contributed by atoms with Crippen molar-refractivity contribution >= 4 is 46.0 Å². The van der Waals surface area contributed by atoms with E-state index in [0.717, 1.165) is 15.8 Å². The lowest BCUT2D eigenvalue weighted by molar-refractivity contribution is -0.141. The zero-order chi connectivity index (χ0) is 17.6. The van der Waals surface area contributed by atoms with Crippen LogP contribution in [-0.4, -0.2) is 29.1 Å². The Bertz CT molecular complexity index is 889. The highest BCUT2D eigenvalue weighted by Gasteiger charge is 2.14. The van der Waals surface area contributed by atoms with Crippen LogP contribution < -0.4 is 0 Å². The van der Waals surface area contributed by atoms with Gasteiger partial charge in [0.1, 0.15) is 0 Å². The molecule has 0 spiro atoms. The molecule has 0 radical (unpaired) electrons. The average Bonchev–Trinajstić information content (AvgIpc) is 3.05. The molecule has 0 fully saturated rings. The Labute approximate surface area is 154 Å². The highest BCUT2D eigenvalue weighted by atomic mass is 35.5. The zero-order valence-electron chi connectivity index (χ0n) is 13.3. The molecule has 1 aromatic heterocycles. The number of thioether (sulfide) groups is 1. The smallest absolute Gasteiger partial charge is 0.307 e. The maximum absolute atomic E-state index is 12.2. The molecule has 2 aromatic carbocycles. The third kappa shape index (κ3) is 4.65. The highest BCUT2D eigenvalue weighted by molar-refractivity contribution is 7.99. The lowest BCUT2D eigenvalue weighted by Gasteiger charge is -2.04. The van der Waals surface area contributed by atoms with Gasteiger partial charge in [-0.05, 0) is 30.3 Å². The molecule has 0 atom stereocenters. The van der Waals surface area contributed by atoms with Gasteiger partial charge in [-0.2, -0.15) is 0 Å². The van der Waals surface area contributed by atoms with E-state index in [1.165, 1.54) is 0 Å². The summed E-state index contributed by atoms with van der Waals surface area (Å²) in [7, 11) is 0. The number of hydrogen-bond donors (Lipinski definition) is 1. The van der Waals surface area contributed by atoms with E-state index < -0.39 is 0 Å². The first kappa shape index (κ1) is 17.6. The Morgan fingerprint density at radius 3 is 2.64 bits per heavy atom. The fourth-order valence-electron chi connectivity index (χ4n) is 2.38. The van der Waals surface area contributed by atoms with Gasteiger partial charge in [-0.3, -0.25) is 9.59 Å². The van der Waals surface area contributed by atoms with Gasteiger partial charge < -0.3 is 9.72 Å². The Morgan fingerprint density at radius 2 is 1.84 bits per heavy atom. The standard InChI is InChI=1S/C19H16ClNO3S/c20-13-5-7-14(8-6-13)25-10-9-19(23)24-12-18(22)16-11-21-17-4-2-1-3-15(16)17/h1-8,11,21H,9-10,12H2. The molecule has 25 heavy (non-hydrogen) atoms. The number of fused-ring (bicyclic) bond motifs is 1. The van der Waals surface area contributed by atoms with Crippen LogP contribution in [0.15, 0.2) is 59.6 Å². The predicted molar refractivity (Wildman–Crippen MR) is 100 cm³/mol. The quantitative estimate of drug-likeness (QED) is 0.369. The number of carbonyl (C=O) groups is 2. The van der Waals surface area contributed by atoms with E-state index in [1.807, 2.05) is 48.5 Å². The second-order valence-corrected chi connectivity index (χ2v) is 6.99. The summed E-state index contributed by atoms with van der Waals surface area (Å²) in [4.78, 5) is 28.1. The van der Waals surface area contributed by atoms with Gasteiger partial charge in [-0.1, -0.05) is 29.8 Å². The van der Waals surface area contributed by atoms with Gasteiger partial charge >= 0.3 is 5.97 Å². The van der Waals surface area contributed by atoms with E-state index in [9.17, 15) is 9.59 Å². The van der Waals surface area contributed by atoms with Crippen LogP contribution in [-0.2, 0) is 9.53 Å². The zero-order valence-corrected chi connectivity index (χ0v) is 14.9. The normalized spacial score (nSPS) is 10.8. The number of nitrogens with one attached hydrogen (secondary N) is 1. The van der Waals surface area contributed by atoms with Crippen molar-refractivity contribution in [1.29, 1.82) is 0 Å². The molecule has 0 unspecified atom stereocenters. The van der Waals surface area contributed by atoms with Crippen LogP contribution in [0, 0.1) is 0 Å². The van der Waals surface area contributed by atoms with Crippen LogP contribution in [0.4, 0.5) is 0 Å². The maximum Gasteiger partial charge on any atom is 0.307 e. The molecule has 0 aliphatic heterocycles. The molecule has 6 heteroatoms. The topological polar surface area (TPSA) is 59.2 Å². The van der Waals surface area contributed by atoms with Crippen LogP contribution in [0.5, 0.6) is 0 Å². The molecule has 3 rings (SSSR count). The summed E-state index contributed by atoms with van der Waals surface area (Å²) in [5.74, 6) is -0.00678. The number of Topliss-reactive ketones (excluding diaryl/α,β-unsaturated/α-hetero) is 1. The van der Waals surface area contributed by atoms with E-state index in [1.54, 1.807) is 18.0 Å². The molecule has 0 saturated heterocycles. The fraction of sp³-hybridized carbons (Fsp3) is 0.158. The molecule has 1 N–H and O–H groups in total. The number of hydrogen-bond acceptors (Lipinski definition) is 4. The Balaban J connectivity index is 1.45. The van der Waals surface area contributed by atoms with Crippen LogP contribution >= 0.6 is 23.4 Å². The molecule has 4 nitrogen and oxygen atoms in total. The molecule has 0 bridgehead atoms. The monoisotopic (exact) mass is 373 g/mol. The number of esters is 1. The maximum atomic E-state index is 12.2. The summed E-state index contributed by atoms with van der Waals surface area (Å²) in [6.07, 6.45) is 1.89. The molecule has 128 valence electrons. The van der Waals surface area contributed by atoms with Gasteiger partial charge in [0.05, 0.1) is 6.42 Å². The second-order valence-electron chi connectivity index (χ2n) is 5.38. The third-order valence-electron chi connectivity index (χ3n) is 3.64. The first-order valence-electron chi connectivity index (χ1n) is 7.77. The second kappa shape index (κ2) is 8.23. The van der Waals surface area contributed by atoms with Crippen molar-refractivity contribution in [3.05, 3.63) is 65.3 Å². The Morgan fingerprint density at radius 1 is 1.08 bits per heavy atom. The lowest BCUT2D eigenvalue weighted by atomic mass is 10.1. The summed E-state index contributed by atoms with van der Waals surface area (Å²) in [6, 6.07) is 14.9. The van der Waals surface area contributed by atoms with Gasteiger partial charge in [0, 0.05) is 38.3 Å². The van der Waals surface area contributed by atoms with Gasteiger partial charge in [-0.25, -0.2) is 0 Å². The number of ether oxygens (including phenoxy) is 1. The number of ketones is 1. The number of H-pyrrole nitrogens is 1. The summed E-state index contributed by atoms with van der Waals surface area (Å²) < 4.78 is 5.10. The van der Waals surface area contributed by atoms with E-state index in [0.29, 0.717) is 16.3 Å². The number of aromatic amines is 1. The minimum atomic E-state index is -0.380. The van der Waals surface area contributed by atoms with Crippen molar-refractivity contribution < 1.29 is 14.3 Å². The number of para-hydroxylation sites is 1. The molecule has 1 heterocycles.